The molecule has 0 radical (unpaired) electrons. The van der Waals surface area contributed by atoms with Gasteiger partial charge in [-0.1, -0.05) is 18.6 Å². The molecule has 0 amide bonds. The molecule has 0 saturated carbocycles. The van der Waals surface area contributed by atoms with Crippen molar-refractivity contribution in [3.05, 3.63) is 78.4 Å². The summed E-state index contributed by atoms with van der Waals surface area (Å²) in [6.07, 6.45) is 2.83. The third-order valence-electron chi connectivity index (χ3n) is 6.01. The number of carbonyl (C=O) groups is 1. The van der Waals surface area contributed by atoms with Gasteiger partial charge >= 0.3 is 0 Å². The number of nitrogens with one attached hydrogen (secondary N) is 1. The highest BCUT2D eigenvalue weighted by atomic mass is 32.2. The number of piperidine rings is 1. The Morgan fingerprint density at radius 3 is 2.32 bits per heavy atom. The number of carbonyl (C=O) groups excluding carboxylic acids is 1. The molecule has 0 atom stereocenters. The molecule has 0 aliphatic carbocycles. The summed E-state index contributed by atoms with van der Waals surface area (Å²) in [6.45, 7) is 1.21. The average Bonchev–Trinajstić information content (AvgIpc) is 3.32. The lowest BCUT2D eigenvalue weighted by molar-refractivity contribution is 0.101. The zero-order valence-corrected chi connectivity index (χ0v) is 19.4. The van der Waals surface area contributed by atoms with Crippen LogP contribution in [0.15, 0.2) is 82.1 Å². The van der Waals surface area contributed by atoms with Crippen LogP contribution in [0.1, 0.15) is 29.6 Å². The molecular formula is C26H25N3O4S. The van der Waals surface area contributed by atoms with Gasteiger partial charge in [-0.05, 0) is 73.5 Å². The summed E-state index contributed by atoms with van der Waals surface area (Å²) < 4.78 is 32.9. The van der Waals surface area contributed by atoms with E-state index in [-0.39, 0.29) is 17.2 Å². The second-order valence-electron chi connectivity index (χ2n) is 8.33. The monoisotopic (exact) mass is 475 g/mol. The van der Waals surface area contributed by atoms with Crippen LogP contribution >= 0.6 is 0 Å². The van der Waals surface area contributed by atoms with Crippen LogP contribution in [0.5, 0.6) is 0 Å². The van der Waals surface area contributed by atoms with Gasteiger partial charge in [-0.15, -0.1) is 0 Å². The third-order valence-corrected chi connectivity index (χ3v) is 7.92. The predicted molar refractivity (Wildman–Crippen MR) is 131 cm³/mol. The maximum atomic E-state index is 12.8. The van der Waals surface area contributed by atoms with Gasteiger partial charge in [0.15, 0.2) is 11.4 Å². The lowest BCUT2D eigenvalue weighted by atomic mass is 10.1. The quantitative estimate of drug-likeness (QED) is 0.380. The van der Waals surface area contributed by atoms with Gasteiger partial charge < -0.3 is 9.73 Å². The van der Waals surface area contributed by atoms with E-state index in [0.717, 1.165) is 41.6 Å². The molecule has 1 aromatic heterocycles. The molecule has 7 nitrogen and oxygen atoms in total. The Balaban J connectivity index is 1.21. The fourth-order valence-corrected chi connectivity index (χ4v) is 5.59. The van der Waals surface area contributed by atoms with Gasteiger partial charge in [-0.2, -0.15) is 4.31 Å². The minimum atomic E-state index is -3.50. The Kier molecular flexibility index (Phi) is 6.17. The average molecular weight is 476 g/mol. The van der Waals surface area contributed by atoms with E-state index in [1.807, 2.05) is 48.5 Å². The molecule has 1 aliphatic heterocycles. The Hall–Kier alpha value is -3.49. The van der Waals surface area contributed by atoms with Crippen molar-refractivity contribution < 1.29 is 17.6 Å². The fraction of sp³-hybridized carbons (Fsp3) is 0.231. The van der Waals surface area contributed by atoms with Crippen molar-refractivity contribution in [3.63, 3.8) is 0 Å². The molecule has 5 rings (SSSR count). The van der Waals surface area contributed by atoms with Crippen molar-refractivity contribution in [1.29, 1.82) is 0 Å². The van der Waals surface area contributed by atoms with E-state index in [0.29, 0.717) is 24.5 Å². The Morgan fingerprint density at radius 2 is 1.62 bits per heavy atom. The highest BCUT2D eigenvalue weighted by Crippen LogP contribution is 2.25. The third kappa shape index (κ3) is 4.60. The van der Waals surface area contributed by atoms with E-state index in [4.69, 9.17) is 4.42 Å². The number of anilines is 1. The number of nitrogens with zero attached hydrogens (tertiary/aromatic N) is 2. The number of hydrogen-bond acceptors (Lipinski definition) is 6. The summed E-state index contributed by atoms with van der Waals surface area (Å²) >= 11 is 0. The van der Waals surface area contributed by atoms with E-state index in [2.05, 4.69) is 10.3 Å². The number of hydrogen-bond donors (Lipinski definition) is 1. The second-order valence-corrected chi connectivity index (χ2v) is 10.3. The highest BCUT2D eigenvalue weighted by Gasteiger charge is 2.25. The van der Waals surface area contributed by atoms with Crippen LogP contribution in [0, 0.1) is 0 Å². The van der Waals surface area contributed by atoms with Crippen LogP contribution in [-0.4, -0.2) is 43.1 Å². The first-order valence-electron chi connectivity index (χ1n) is 11.3. The van der Waals surface area contributed by atoms with Gasteiger partial charge in [0.1, 0.15) is 5.52 Å². The van der Waals surface area contributed by atoms with Crippen LogP contribution in [0.4, 0.5) is 5.69 Å². The normalized spacial score (nSPS) is 14.8. The molecule has 1 saturated heterocycles. The van der Waals surface area contributed by atoms with Crippen LogP contribution in [0.3, 0.4) is 0 Å². The summed E-state index contributed by atoms with van der Waals surface area (Å²) in [7, 11) is -3.50. The van der Waals surface area contributed by atoms with Gasteiger partial charge in [0.25, 0.3) is 0 Å². The minimum absolute atomic E-state index is 0.0977. The SMILES string of the molecule is O=C(CNc1ccc(-c2nc3ccccc3o2)cc1)c1ccc(S(=O)(=O)N2CCCCC2)cc1. The van der Waals surface area contributed by atoms with Crippen molar-refractivity contribution in [2.45, 2.75) is 24.2 Å². The maximum Gasteiger partial charge on any atom is 0.243 e. The number of fused-ring (bicyclic) bond motifs is 1. The number of ketones is 1. The number of Topliss-reactive ketones (excluding diaryl/α,β-unsaturated/α-hetero) is 1. The van der Waals surface area contributed by atoms with Crippen LogP contribution < -0.4 is 5.32 Å². The van der Waals surface area contributed by atoms with Crippen molar-refractivity contribution >= 4 is 32.6 Å². The van der Waals surface area contributed by atoms with E-state index in [9.17, 15) is 13.2 Å². The number of sulfonamides is 1. The molecule has 1 N–H and O–H groups in total. The predicted octanol–water partition coefficient (Wildman–Crippen LogP) is 4.96. The van der Waals surface area contributed by atoms with E-state index in [1.165, 1.54) is 16.4 Å². The molecule has 0 spiro atoms. The molecule has 1 fully saturated rings. The zero-order valence-electron chi connectivity index (χ0n) is 18.6. The molecule has 2 heterocycles. The van der Waals surface area contributed by atoms with Gasteiger partial charge in [0.2, 0.25) is 15.9 Å². The number of oxazole rings is 1. The Morgan fingerprint density at radius 1 is 0.912 bits per heavy atom. The Labute approximate surface area is 198 Å². The van der Waals surface area contributed by atoms with Crippen molar-refractivity contribution in [2.75, 3.05) is 25.0 Å². The highest BCUT2D eigenvalue weighted by molar-refractivity contribution is 7.89. The fourth-order valence-electron chi connectivity index (χ4n) is 4.08. The standard InChI is InChI=1S/C26H25N3O4S/c30-24(19-10-14-22(15-11-19)34(31,32)29-16-4-1-5-17-29)18-27-21-12-8-20(9-13-21)26-28-23-6-2-3-7-25(23)33-26/h2-3,6-15,27H,1,4-5,16-18H2. The smallest absolute Gasteiger partial charge is 0.243 e. The second kappa shape index (κ2) is 9.40. The first kappa shape index (κ1) is 22.3. The van der Waals surface area contributed by atoms with Crippen LogP contribution in [0.2, 0.25) is 0 Å². The largest absolute Gasteiger partial charge is 0.436 e. The molecule has 0 unspecified atom stereocenters. The Bertz CT molecular complexity index is 1370. The summed E-state index contributed by atoms with van der Waals surface area (Å²) in [4.78, 5) is 17.3. The lowest BCUT2D eigenvalue weighted by Crippen LogP contribution is -2.35. The molecule has 1 aliphatic rings. The van der Waals surface area contributed by atoms with Gasteiger partial charge in [0, 0.05) is 29.9 Å². The molecule has 174 valence electrons. The number of rotatable bonds is 7. The van der Waals surface area contributed by atoms with Crippen molar-refractivity contribution in [1.82, 2.24) is 9.29 Å². The van der Waals surface area contributed by atoms with Crippen molar-refractivity contribution in [3.8, 4) is 11.5 Å². The first-order valence-corrected chi connectivity index (χ1v) is 12.8. The summed E-state index contributed by atoms with van der Waals surface area (Å²) in [5.41, 5.74) is 3.64. The lowest BCUT2D eigenvalue weighted by Gasteiger charge is -2.25. The first-order chi connectivity index (χ1) is 16.5. The maximum absolute atomic E-state index is 12.8. The van der Waals surface area contributed by atoms with Gasteiger partial charge in [0.05, 0.1) is 11.4 Å². The molecule has 8 heteroatoms. The van der Waals surface area contributed by atoms with Gasteiger partial charge in [-0.3, -0.25) is 4.79 Å². The topological polar surface area (TPSA) is 92.5 Å². The number of aromatic nitrogens is 1. The van der Waals surface area contributed by atoms with Crippen molar-refractivity contribution in [2.24, 2.45) is 0 Å². The summed E-state index contributed by atoms with van der Waals surface area (Å²) in [5.74, 6) is 0.424. The molecule has 4 aromatic rings. The number of benzene rings is 3. The van der Waals surface area contributed by atoms with Crippen LogP contribution in [-0.2, 0) is 10.0 Å². The van der Waals surface area contributed by atoms with E-state index < -0.39 is 10.0 Å². The minimum Gasteiger partial charge on any atom is -0.436 e. The van der Waals surface area contributed by atoms with Gasteiger partial charge in [-0.25, -0.2) is 13.4 Å². The summed E-state index contributed by atoms with van der Waals surface area (Å²) in [5, 5.41) is 3.12. The number of para-hydroxylation sites is 2. The zero-order chi connectivity index (χ0) is 23.5. The summed E-state index contributed by atoms with van der Waals surface area (Å²) in [6, 6.07) is 21.3. The van der Waals surface area contributed by atoms with E-state index in [1.54, 1.807) is 12.1 Å². The molecule has 34 heavy (non-hydrogen) atoms. The van der Waals surface area contributed by atoms with E-state index >= 15 is 0 Å². The molecule has 0 bridgehead atoms. The molecule has 3 aromatic carbocycles. The van der Waals surface area contributed by atoms with Crippen LogP contribution in [0.25, 0.3) is 22.6 Å². The molecular weight excluding hydrogens is 450 g/mol.